The number of hydrogen-bond donors (Lipinski definition) is 1. The van der Waals surface area contributed by atoms with Gasteiger partial charge in [0.2, 0.25) is 0 Å². The summed E-state index contributed by atoms with van der Waals surface area (Å²) in [7, 11) is 1.80. The molecular formula is C14H18N4O. The average Bonchev–Trinajstić information content (AvgIpc) is 2.82. The van der Waals surface area contributed by atoms with Gasteiger partial charge in [-0.3, -0.25) is 9.48 Å². The van der Waals surface area contributed by atoms with Gasteiger partial charge in [0.15, 0.2) is 0 Å². The normalized spacial score (nSPS) is 10.4. The van der Waals surface area contributed by atoms with Crippen molar-refractivity contribution in [2.24, 2.45) is 7.05 Å². The molecule has 2 N–H and O–H groups in total. The Morgan fingerprint density at radius 2 is 2.26 bits per heavy atom. The number of nitrogens with two attached hydrogens (primary N) is 1. The summed E-state index contributed by atoms with van der Waals surface area (Å²) in [5, 5.41) is 4.02. The highest BCUT2D eigenvalue weighted by Crippen LogP contribution is 2.12. The first kappa shape index (κ1) is 13.1. The first-order valence-corrected chi connectivity index (χ1v) is 6.22. The van der Waals surface area contributed by atoms with Crippen LogP contribution in [-0.2, 0) is 13.6 Å². The SMILES string of the molecule is CCN(Cc1cccc(N)c1)C(=O)c1cnn(C)c1. The largest absolute Gasteiger partial charge is 0.399 e. The molecule has 0 saturated carbocycles. The summed E-state index contributed by atoms with van der Waals surface area (Å²) < 4.78 is 1.63. The zero-order valence-corrected chi connectivity index (χ0v) is 11.2. The Bertz CT molecular complexity index is 576. The third-order valence-corrected chi connectivity index (χ3v) is 2.95. The Morgan fingerprint density at radius 1 is 1.47 bits per heavy atom. The van der Waals surface area contributed by atoms with Crippen LogP contribution < -0.4 is 5.73 Å². The predicted molar refractivity (Wildman–Crippen MR) is 74.5 cm³/mol. The standard InChI is InChI=1S/C14H18N4O/c1-3-18(9-11-5-4-6-13(15)7-11)14(19)12-8-16-17(2)10-12/h4-8,10H,3,9,15H2,1-2H3. The molecule has 0 saturated heterocycles. The molecule has 19 heavy (non-hydrogen) atoms. The number of amides is 1. The number of aryl methyl sites for hydroxylation is 1. The lowest BCUT2D eigenvalue weighted by Crippen LogP contribution is -2.30. The average molecular weight is 258 g/mol. The van der Waals surface area contributed by atoms with E-state index in [0.29, 0.717) is 24.3 Å². The van der Waals surface area contributed by atoms with Gasteiger partial charge in [0.25, 0.3) is 5.91 Å². The van der Waals surface area contributed by atoms with Gasteiger partial charge in [0, 0.05) is 32.0 Å². The molecule has 0 fully saturated rings. The number of nitrogen functional groups attached to an aromatic ring is 1. The van der Waals surface area contributed by atoms with Gasteiger partial charge in [0.1, 0.15) is 0 Å². The van der Waals surface area contributed by atoms with Crippen LogP contribution >= 0.6 is 0 Å². The molecule has 0 aliphatic carbocycles. The van der Waals surface area contributed by atoms with Gasteiger partial charge >= 0.3 is 0 Å². The maximum Gasteiger partial charge on any atom is 0.257 e. The molecule has 5 nitrogen and oxygen atoms in total. The molecule has 0 unspecified atom stereocenters. The number of carbonyl (C=O) groups is 1. The molecule has 1 amide bonds. The highest BCUT2D eigenvalue weighted by Gasteiger charge is 2.15. The fourth-order valence-corrected chi connectivity index (χ4v) is 1.95. The van der Waals surface area contributed by atoms with E-state index in [9.17, 15) is 4.79 Å². The quantitative estimate of drug-likeness (QED) is 0.848. The van der Waals surface area contributed by atoms with Crippen LogP contribution in [0.1, 0.15) is 22.8 Å². The Kier molecular flexibility index (Phi) is 3.85. The van der Waals surface area contributed by atoms with E-state index in [-0.39, 0.29) is 5.91 Å². The lowest BCUT2D eigenvalue weighted by Gasteiger charge is -2.20. The van der Waals surface area contributed by atoms with Gasteiger partial charge in [-0.15, -0.1) is 0 Å². The van der Waals surface area contributed by atoms with E-state index in [2.05, 4.69) is 5.10 Å². The number of hydrogen-bond acceptors (Lipinski definition) is 3. The summed E-state index contributed by atoms with van der Waals surface area (Å²) in [6, 6.07) is 7.59. The van der Waals surface area contributed by atoms with Crippen molar-refractivity contribution in [3.05, 3.63) is 47.8 Å². The van der Waals surface area contributed by atoms with Crippen molar-refractivity contribution in [1.29, 1.82) is 0 Å². The van der Waals surface area contributed by atoms with Gasteiger partial charge in [0.05, 0.1) is 11.8 Å². The molecule has 2 rings (SSSR count). The van der Waals surface area contributed by atoms with Gasteiger partial charge in [-0.25, -0.2) is 0 Å². The Labute approximate surface area is 112 Å². The fraction of sp³-hybridized carbons (Fsp3) is 0.286. The third kappa shape index (κ3) is 3.13. The van der Waals surface area contributed by atoms with Gasteiger partial charge in [-0.1, -0.05) is 12.1 Å². The molecule has 0 bridgehead atoms. The van der Waals surface area contributed by atoms with E-state index < -0.39 is 0 Å². The summed E-state index contributed by atoms with van der Waals surface area (Å²) in [6.45, 7) is 3.15. The van der Waals surface area contributed by atoms with Crippen molar-refractivity contribution in [1.82, 2.24) is 14.7 Å². The summed E-state index contributed by atoms with van der Waals surface area (Å²) in [4.78, 5) is 14.1. The van der Waals surface area contributed by atoms with Gasteiger partial charge < -0.3 is 10.6 Å². The number of aromatic nitrogens is 2. The molecule has 0 spiro atoms. The second-order valence-electron chi connectivity index (χ2n) is 4.47. The van der Waals surface area contributed by atoms with Crippen LogP contribution in [0.25, 0.3) is 0 Å². The van der Waals surface area contributed by atoms with Crippen LogP contribution in [0.5, 0.6) is 0 Å². The van der Waals surface area contributed by atoms with Crippen molar-refractivity contribution in [2.75, 3.05) is 12.3 Å². The zero-order chi connectivity index (χ0) is 13.8. The van der Waals surface area contributed by atoms with E-state index in [1.54, 1.807) is 29.0 Å². The number of anilines is 1. The van der Waals surface area contributed by atoms with Crippen LogP contribution in [0, 0.1) is 0 Å². The van der Waals surface area contributed by atoms with Crippen molar-refractivity contribution >= 4 is 11.6 Å². The maximum absolute atomic E-state index is 12.3. The van der Waals surface area contributed by atoms with Crippen molar-refractivity contribution in [3.63, 3.8) is 0 Å². The maximum atomic E-state index is 12.3. The zero-order valence-electron chi connectivity index (χ0n) is 11.2. The van der Waals surface area contributed by atoms with E-state index in [0.717, 1.165) is 5.56 Å². The topological polar surface area (TPSA) is 64.2 Å². The molecule has 1 heterocycles. The van der Waals surface area contributed by atoms with Crippen molar-refractivity contribution < 1.29 is 4.79 Å². The molecule has 0 aliphatic heterocycles. The highest BCUT2D eigenvalue weighted by molar-refractivity contribution is 5.93. The smallest absolute Gasteiger partial charge is 0.257 e. The summed E-state index contributed by atoms with van der Waals surface area (Å²) in [5.41, 5.74) is 8.09. The lowest BCUT2D eigenvalue weighted by molar-refractivity contribution is 0.0752. The van der Waals surface area contributed by atoms with Crippen LogP contribution in [0.15, 0.2) is 36.7 Å². The summed E-state index contributed by atoms with van der Waals surface area (Å²) >= 11 is 0. The fourth-order valence-electron chi connectivity index (χ4n) is 1.95. The molecule has 2 aromatic rings. The van der Waals surface area contributed by atoms with Gasteiger partial charge in [-0.2, -0.15) is 5.10 Å². The Balaban J connectivity index is 2.14. The minimum atomic E-state index is -0.0157. The van der Waals surface area contributed by atoms with E-state index in [4.69, 9.17) is 5.73 Å². The first-order chi connectivity index (χ1) is 9.10. The van der Waals surface area contributed by atoms with E-state index >= 15 is 0 Å². The van der Waals surface area contributed by atoms with Crippen LogP contribution in [-0.4, -0.2) is 27.1 Å². The monoisotopic (exact) mass is 258 g/mol. The van der Waals surface area contributed by atoms with E-state index in [1.165, 1.54) is 0 Å². The molecule has 1 aromatic carbocycles. The third-order valence-electron chi connectivity index (χ3n) is 2.95. The number of benzene rings is 1. The van der Waals surface area contributed by atoms with Crippen LogP contribution in [0.3, 0.4) is 0 Å². The summed E-state index contributed by atoms with van der Waals surface area (Å²) in [5.74, 6) is -0.0157. The van der Waals surface area contributed by atoms with E-state index in [1.807, 2.05) is 31.2 Å². The molecule has 0 aliphatic rings. The van der Waals surface area contributed by atoms with Crippen LogP contribution in [0.2, 0.25) is 0 Å². The Hall–Kier alpha value is -2.30. The second kappa shape index (κ2) is 5.56. The molecular weight excluding hydrogens is 240 g/mol. The summed E-state index contributed by atoms with van der Waals surface area (Å²) in [6.07, 6.45) is 3.31. The molecule has 5 heteroatoms. The van der Waals surface area contributed by atoms with Crippen molar-refractivity contribution in [3.8, 4) is 0 Å². The second-order valence-corrected chi connectivity index (χ2v) is 4.47. The molecule has 0 atom stereocenters. The predicted octanol–water partition coefficient (Wildman–Crippen LogP) is 1.66. The highest BCUT2D eigenvalue weighted by atomic mass is 16.2. The lowest BCUT2D eigenvalue weighted by atomic mass is 10.2. The number of carbonyl (C=O) groups excluding carboxylic acids is 1. The molecule has 100 valence electrons. The first-order valence-electron chi connectivity index (χ1n) is 6.22. The number of rotatable bonds is 4. The number of nitrogens with zero attached hydrogens (tertiary/aromatic N) is 3. The minimum absolute atomic E-state index is 0.0157. The molecule has 0 radical (unpaired) electrons. The van der Waals surface area contributed by atoms with Gasteiger partial charge in [-0.05, 0) is 24.6 Å². The molecule has 1 aromatic heterocycles. The van der Waals surface area contributed by atoms with Crippen LogP contribution in [0.4, 0.5) is 5.69 Å². The van der Waals surface area contributed by atoms with Crippen molar-refractivity contribution in [2.45, 2.75) is 13.5 Å². The minimum Gasteiger partial charge on any atom is -0.399 e. The Morgan fingerprint density at radius 3 is 2.84 bits per heavy atom.